The molecule has 21 heavy (non-hydrogen) atoms. The average molecular weight is 290 g/mol. The molecule has 0 radical (unpaired) electrons. The summed E-state index contributed by atoms with van der Waals surface area (Å²) in [5, 5.41) is 3.67. The molecule has 1 fully saturated rings. The second kappa shape index (κ2) is 7.46. The van der Waals surface area contributed by atoms with E-state index in [1.165, 1.54) is 5.56 Å². The molecule has 1 atom stereocenters. The lowest BCUT2D eigenvalue weighted by molar-refractivity contribution is -0.122. The summed E-state index contributed by atoms with van der Waals surface area (Å²) in [6.07, 6.45) is 4.83. The molecule has 1 aromatic carbocycles. The minimum absolute atomic E-state index is 0.0765. The molecule has 2 rings (SSSR count). The number of para-hydroxylation sites is 1. The van der Waals surface area contributed by atoms with Gasteiger partial charge >= 0.3 is 0 Å². The Labute approximate surface area is 127 Å². The van der Waals surface area contributed by atoms with E-state index in [-0.39, 0.29) is 11.8 Å². The third kappa shape index (κ3) is 4.46. The molecular formula is C17H26N2O2. The Kier molecular flexibility index (Phi) is 5.62. The van der Waals surface area contributed by atoms with Gasteiger partial charge in [-0.25, -0.2) is 0 Å². The number of carbonyl (C=O) groups is 1. The van der Waals surface area contributed by atoms with E-state index in [0.29, 0.717) is 12.1 Å². The van der Waals surface area contributed by atoms with Gasteiger partial charge in [0, 0.05) is 18.0 Å². The number of nitrogens with one attached hydrogen (secondary N) is 1. The highest BCUT2D eigenvalue weighted by Gasteiger charge is 2.25. The molecular weight excluding hydrogens is 264 g/mol. The van der Waals surface area contributed by atoms with Crippen LogP contribution in [-0.2, 0) is 11.2 Å². The molecule has 116 valence electrons. The number of methoxy groups -OCH3 is 1. The van der Waals surface area contributed by atoms with Crippen molar-refractivity contribution in [2.75, 3.05) is 7.11 Å². The van der Waals surface area contributed by atoms with Crippen LogP contribution in [0.5, 0.6) is 5.75 Å². The Hall–Kier alpha value is -1.55. The van der Waals surface area contributed by atoms with Crippen LogP contribution in [0.1, 0.15) is 38.2 Å². The Balaban J connectivity index is 1.82. The highest BCUT2D eigenvalue weighted by Crippen LogP contribution is 2.25. The second-order valence-electron chi connectivity index (χ2n) is 6.03. The van der Waals surface area contributed by atoms with E-state index in [2.05, 4.69) is 18.3 Å². The lowest BCUT2D eigenvalue weighted by Crippen LogP contribution is -2.41. The number of hydrogen-bond donors (Lipinski definition) is 2. The normalized spacial score (nSPS) is 23.5. The first-order valence-corrected chi connectivity index (χ1v) is 7.77. The predicted octanol–water partition coefficient (Wildman–Crippen LogP) is 2.26. The third-order valence-electron chi connectivity index (χ3n) is 4.37. The van der Waals surface area contributed by atoms with Crippen LogP contribution in [0.15, 0.2) is 24.3 Å². The molecule has 0 bridgehead atoms. The van der Waals surface area contributed by atoms with E-state index >= 15 is 0 Å². The number of primary amides is 1. The van der Waals surface area contributed by atoms with Crippen molar-refractivity contribution in [3.8, 4) is 5.75 Å². The molecule has 1 aromatic rings. The molecule has 1 aliphatic carbocycles. The molecule has 1 saturated carbocycles. The van der Waals surface area contributed by atoms with Crippen LogP contribution in [0.3, 0.4) is 0 Å². The Morgan fingerprint density at radius 1 is 1.33 bits per heavy atom. The number of rotatable bonds is 6. The van der Waals surface area contributed by atoms with E-state index in [9.17, 15) is 4.79 Å². The van der Waals surface area contributed by atoms with Crippen molar-refractivity contribution in [1.29, 1.82) is 0 Å². The molecule has 1 unspecified atom stereocenters. The van der Waals surface area contributed by atoms with Gasteiger partial charge < -0.3 is 15.8 Å². The molecule has 3 N–H and O–H groups in total. The van der Waals surface area contributed by atoms with E-state index in [0.717, 1.165) is 37.9 Å². The molecule has 0 saturated heterocycles. The van der Waals surface area contributed by atoms with Crippen molar-refractivity contribution >= 4 is 5.91 Å². The predicted molar refractivity (Wildman–Crippen MR) is 84.2 cm³/mol. The van der Waals surface area contributed by atoms with Crippen molar-refractivity contribution in [1.82, 2.24) is 5.32 Å². The quantitative estimate of drug-likeness (QED) is 0.844. The van der Waals surface area contributed by atoms with Gasteiger partial charge in [0.25, 0.3) is 0 Å². The number of amides is 1. The fraction of sp³-hybridized carbons (Fsp3) is 0.588. The topological polar surface area (TPSA) is 64.3 Å². The van der Waals surface area contributed by atoms with Gasteiger partial charge in [-0.05, 0) is 50.7 Å². The number of nitrogens with two attached hydrogens (primary N) is 1. The second-order valence-corrected chi connectivity index (χ2v) is 6.03. The molecule has 4 nitrogen and oxygen atoms in total. The standard InChI is InChI=1S/C17H26N2O2/c1-12(11-14-5-3-4-6-16(14)21-2)19-15-9-7-13(8-10-15)17(18)20/h3-6,12-13,15,19H,7-11H2,1-2H3,(H2,18,20). The van der Waals surface area contributed by atoms with Gasteiger partial charge in [-0.15, -0.1) is 0 Å². The molecule has 0 aliphatic heterocycles. The van der Waals surface area contributed by atoms with E-state index < -0.39 is 0 Å². The molecule has 0 aromatic heterocycles. The minimum atomic E-state index is -0.143. The Morgan fingerprint density at radius 3 is 2.62 bits per heavy atom. The number of carbonyl (C=O) groups excluding carboxylic acids is 1. The Morgan fingerprint density at radius 2 is 2.00 bits per heavy atom. The summed E-state index contributed by atoms with van der Waals surface area (Å²) in [6, 6.07) is 9.02. The van der Waals surface area contributed by atoms with E-state index in [4.69, 9.17) is 10.5 Å². The molecule has 1 aliphatic rings. The van der Waals surface area contributed by atoms with Gasteiger partial charge in [-0.1, -0.05) is 18.2 Å². The molecule has 0 spiro atoms. The zero-order valence-corrected chi connectivity index (χ0v) is 13.0. The maximum atomic E-state index is 11.2. The monoisotopic (exact) mass is 290 g/mol. The third-order valence-corrected chi connectivity index (χ3v) is 4.37. The van der Waals surface area contributed by atoms with Crippen LogP contribution in [-0.4, -0.2) is 25.1 Å². The summed E-state index contributed by atoms with van der Waals surface area (Å²) in [4.78, 5) is 11.2. The van der Waals surface area contributed by atoms with Crippen LogP contribution in [0.4, 0.5) is 0 Å². The van der Waals surface area contributed by atoms with Crippen molar-refractivity contribution in [2.24, 2.45) is 11.7 Å². The average Bonchev–Trinajstić information content (AvgIpc) is 2.48. The van der Waals surface area contributed by atoms with Crippen molar-refractivity contribution in [3.63, 3.8) is 0 Å². The van der Waals surface area contributed by atoms with Gasteiger partial charge in [0.05, 0.1) is 7.11 Å². The lowest BCUT2D eigenvalue weighted by Gasteiger charge is -2.30. The van der Waals surface area contributed by atoms with Gasteiger partial charge in [0.1, 0.15) is 5.75 Å². The highest BCUT2D eigenvalue weighted by atomic mass is 16.5. The van der Waals surface area contributed by atoms with Crippen LogP contribution < -0.4 is 15.8 Å². The summed E-state index contributed by atoms with van der Waals surface area (Å²) in [5.74, 6) is 0.881. The maximum Gasteiger partial charge on any atom is 0.220 e. The van der Waals surface area contributed by atoms with Crippen molar-refractivity contribution in [3.05, 3.63) is 29.8 Å². The number of benzene rings is 1. The summed E-state index contributed by atoms with van der Waals surface area (Å²) in [5.41, 5.74) is 6.60. The fourth-order valence-corrected chi connectivity index (χ4v) is 3.21. The summed E-state index contributed by atoms with van der Waals surface area (Å²) >= 11 is 0. The van der Waals surface area contributed by atoms with E-state index in [1.807, 2.05) is 18.2 Å². The summed E-state index contributed by atoms with van der Waals surface area (Å²) in [6.45, 7) is 2.20. The van der Waals surface area contributed by atoms with Crippen molar-refractivity contribution < 1.29 is 9.53 Å². The molecule has 1 amide bonds. The largest absolute Gasteiger partial charge is 0.496 e. The van der Waals surface area contributed by atoms with Crippen LogP contribution in [0, 0.1) is 5.92 Å². The number of hydrogen-bond acceptors (Lipinski definition) is 3. The smallest absolute Gasteiger partial charge is 0.220 e. The Bertz CT molecular complexity index is 468. The molecule has 4 heteroatoms. The van der Waals surface area contributed by atoms with Gasteiger partial charge in [0.15, 0.2) is 0 Å². The van der Waals surface area contributed by atoms with Crippen LogP contribution >= 0.6 is 0 Å². The van der Waals surface area contributed by atoms with Gasteiger partial charge in [0.2, 0.25) is 5.91 Å². The zero-order chi connectivity index (χ0) is 15.2. The maximum absolute atomic E-state index is 11.2. The summed E-state index contributed by atoms with van der Waals surface area (Å²) < 4.78 is 5.40. The minimum Gasteiger partial charge on any atom is -0.496 e. The van der Waals surface area contributed by atoms with Gasteiger partial charge in [-0.3, -0.25) is 4.79 Å². The molecule has 0 heterocycles. The van der Waals surface area contributed by atoms with Crippen LogP contribution in [0.25, 0.3) is 0 Å². The lowest BCUT2D eigenvalue weighted by atomic mass is 9.85. The van der Waals surface area contributed by atoms with Crippen molar-refractivity contribution in [2.45, 2.75) is 51.1 Å². The first-order chi connectivity index (χ1) is 10.1. The zero-order valence-electron chi connectivity index (χ0n) is 13.0. The SMILES string of the molecule is COc1ccccc1CC(C)NC1CCC(C(N)=O)CC1. The van der Waals surface area contributed by atoms with Crippen LogP contribution in [0.2, 0.25) is 0 Å². The summed E-state index contributed by atoms with van der Waals surface area (Å²) in [7, 11) is 1.71. The van der Waals surface area contributed by atoms with Gasteiger partial charge in [-0.2, -0.15) is 0 Å². The first kappa shape index (κ1) is 15.8. The van der Waals surface area contributed by atoms with E-state index in [1.54, 1.807) is 7.11 Å². The highest BCUT2D eigenvalue weighted by molar-refractivity contribution is 5.76. The number of ether oxygens (including phenoxy) is 1. The fourth-order valence-electron chi connectivity index (χ4n) is 3.21. The first-order valence-electron chi connectivity index (χ1n) is 7.77.